The average Bonchev–Trinajstić information content (AvgIpc) is 3.75. The zero-order chi connectivity index (χ0) is 38.2. The molecular weight excluding hydrogens is 715 g/mol. The fourth-order valence-corrected chi connectivity index (χ4v) is 6.82. The number of fused-ring (bicyclic) bond motifs is 3. The highest BCUT2D eigenvalue weighted by atomic mass is 35.5. The number of piperidine rings is 1. The van der Waals surface area contributed by atoms with Crippen molar-refractivity contribution in [2.75, 3.05) is 18.4 Å². The van der Waals surface area contributed by atoms with E-state index in [2.05, 4.69) is 34.2 Å². The Morgan fingerprint density at radius 2 is 1.77 bits per heavy atom. The van der Waals surface area contributed by atoms with Gasteiger partial charge in [-0.25, -0.2) is 4.98 Å². The van der Waals surface area contributed by atoms with Crippen molar-refractivity contribution in [1.82, 2.24) is 29.0 Å². The first-order valence-electron chi connectivity index (χ1n) is 17.1. The molecular formula is C37H37ClF3N7O5. The summed E-state index contributed by atoms with van der Waals surface area (Å²) < 4.78 is 48.6. The van der Waals surface area contributed by atoms with Gasteiger partial charge in [-0.1, -0.05) is 63.6 Å². The molecule has 2 aromatic carbocycles. The molecule has 53 heavy (non-hydrogen) atoms. The number of pyridine rings is 1. The van der Waals surface area contributed by atoms with Crippen molar-refractivity contribution >= 4 is 34.9 Å². The van der Waals surface area contributed by atoms with Crippen molar-refractivity contribution in [3.8, 4) is 17.1 Å². The molecule has 3 aromatic heterocycles. The quantitative estimate of drug-likeness (QED) is 0.193. The topological polar surface area (TPSA) is 144 Å². The summed E-state index contributed by atoms with van der Waals surface area (Å²) in [6.45, 7) is 8.03. The lowest BCUT2D eigenvalue weighted by atomic mass is 9.85. The van der Waals surface area contributed by atoms with Crippen LogP contribution in [0.3, 0.4) is 0 Å². The molecule has 5 aromatic rings. The number of benzene rings is 2. The molecule has 0 saturated carbocycles. The van der Waals surface area contributed by atoms with Gasteiger partial charge in [0.1, 0.15) is 17.9 Å². The van der Waals surface area contributed by atoms with Gasteiger partial charge in [-0.05, 0) is 54.7 Å². The summed E-state index contributed by atoms with van der Waals surface area (Å²) in [4.78, 5) is 51.2. The molecule has 7 rings (SSSR count). The maximum atomic E-state index is 14.3. The van der Waals surface area contributed by atoms with Crippen LogP contribution < -0.4 is 10.9 Å². The average molecular weight is 752 g/mol. The smallest absolute Gasteiger partial charge is 0.416 e. The third-order valence-electron chi connectivity index (χ3n) is 9.35. The van der Waals surface area contributed by atoms with Crippen LogP contribution in [0.4, 0.5) is 18.9 Å². The van der Waals surface area contributed by atoms with E-state index in [-0.39, 0.29) is 77.8 Å². The van der Waals surface area contributed by atoms with Crippen molar-refractivity contribution < 1.29 is 32.6 Å². The van der Waals surface area contributed by atoms with Gasteiger partial charge in [0.2, 0.25) is 11.7 Å². The van der Waals surface area contributed by atoms with Crippen LogP contribution in [0.15, 0.2) is 65.6 Å². The third kappa shape index (κ3) is 7.10. The number of rotatable bonds is 6. The first-order valence-corrected chi connectivity index (χ1v) is 17.5. The number of amides is 2. The first kappa shape index (κ1) is 37.5. The standard InChI is InChI=1S/C35H31ClF3N7O5.C2H6/c1-19(2)20-5-7-21(8-6-20)30-42-33-45(17-27(48)41-24-10-9-22(16-23(24)36)35(37,38)39)25-18-51-34(28(25)31(49)46(33)43-30)11-14-44(15-12-34)32(50)29-26(47)4-3-13-40-29;1-2/h3-10,13,16,19,47H,11-12,14-15,17-18H2,1-2H3,(H,41,48);1-2H3. The van der Waals surface area contributed by atoms with Crippen LogP contribution >= 0.6 is 11.6 Å². The molecule has 0 bridgehead atoms. The Morgan fingerprint density at radius 3 is 2.40 bits per heavy atom. The Bertz CT molecular complexity index is 2240. The van der Waals surface area contributed by atoms with Gasteiger partial charge >= 0.3 is 6.18 Å². The van der Waals surface area contributed by atoms with E-state index in [1.807, 2.05) is 38.1 Å². The zero-order valence-corrected chi connectivity index (χ0v) is 30.1. The van der Waals surface area contributed by atoms with Crippen molar-refractivity contribution in [1.29, 1.82) is 0 Å². The highest BCUT2D eigenvalue weighted by Gasteiger charge is 2.48. The monoisotopic (exact) mass is 751 g/mol. The van der Waals surface area contributed by atoms with E-state index in [4.69, 9.17) is 16.3 Å². The number of nitrogens with one attached hydrogen (secondary N) is 1. The molecule has 0 radical (unpaired) electrons. The summed E-state index contributed by atoms with van der Waals surface area (Å²) in [7, 11) is 0. The van der Waals surface area contributed by atoms with Gasteiger partial charge in [0.15, 0.2) is 11.5 Å². The molecule has 12 nitrogen and oxygen atoms in total. The lowest BCUT2D eigenvalue weighted by Crippen LogP contribution is -2.47. The Hall–Kier alpha value is -5.28. The summed E-state index contributed by atoms with van der Waals surface area (Å²) in [6.07, 6.45) is -2.75. The van der Waals surface area contributed by atoms with Gasteiger partial charge in [-0.15, -0.1) is 5.10 Å². The van der Waals surface area contributed by atoms with Gasteiger partial charge < -0.3 is 24.6 Å². The number of aromatic hydroxyl groups is 1. The maximum Gasteiger partial charge on any atom is 0.416 e. The second kappa shape index (κ2) is 14.6. The fraction of sp³-hybridized carbons (Fsp3) is 0.351. The summed E-state index contributed by atoms with van der Waals surface area (Å²) in [5.41, 5.74) is -0.279. The summed E-state index contributed by atoms with van der Waals surface area (Å²) in [5, 5.41) is 17.0. The van der Waals surface area contributed by atoms with Gasteiger partial charge in [-0.3, -0.25) is 14.4 Å². The number of halogens is 4. The molecule has 1 saturated heterocycles. The number of carbonyl (C=O) groups is 2. The van der Waals surface area contributed by atoms with Crippen LogP contribution in [0.1, 0.15) is 79.3 Å². The third-order valence-corrected chi connectivity index (χ3v) is 9.66. The summed E-state index contributed by atoms with van der Waals surface area (Å²) in [5.74, 6) is -0.752. The number of hydrogen-bond acceptors (Lipinski definition) is 8. The molecule has 0 unspecified atom stereocenters. The normalized spacial score (nSPS) is 15.0. The Balaban J connectivity index is 0.00000236. The number of hydrogen-bond donors (Lipinski definition) is 2. The molecule has 5 heterocycles. The summed E-state index contributed by atoms with van der Waals surface area (Å²) >= 11 is 6.12. The van der Waals surface area contributed by atoms with E-state index < -0.39 is 41.3 Å². The van der Waals surface area contributed by atoms with E-state index in [0.717, 1.165) is 28.3 Å². The van der Waals surface area contributed by atoms with E-state index in [9.17, 15) is 32.7 Å². The van der Waals surface area contributed by atoms with Gasteiger partial charge in [0.05, 0.1) is 34.1 Å². The van der Waals surface area contributed by atoms with E-state index in [0.29, 0.717) is 11.3 Å². The number of carbonyl (C=O) groups excluding carboxylic acids is 2. The molecule has 2 aliphatic rings. The van der Waals surface area contributed by atoms with Crippen LogP contribution in [0.5, 0.6) is 5.75 Å². The molecule has 16 heteroatoms. The Labute approximate surface area is 307 Å². The molecule has 1 spiro atoms. The largest absolute Gasteiger partial charge is 0.505 e. The van der Waals surface area contributed by atoms with Crippen LogP contribution in [0.2, 0.25) is 5.02 Å². The van der Waals surface area contributed by atoms with Crippen LogP contribution in [-0.4, -0.2) is 59.1 Å². The predicted molar refractivity (Wildman–Crippen MR) is 191 cm³/mol. The minimum atomic E-state index is -4.62. The van der Waals surface area contributed by atoms with Gasteiger partial charge in [0, 0.05) is 24.8 Å². The minimum absolute atomic E-state index is 0.0283. The molecule has 2 aliphatic heterocycles. The number of anilines is 1. The van der Waals surface area contributed by atoms with E-state index >= 15 is 0 Å². The fourth-order valence-electron chi connectivity index (χ4n) is 6.59. The van der Waals surface area contributed by atoms with Crippen molar-refractivity contribution in [2.45, 2.75) is 71.4 Å². The first-order chi connectivity index (χ1) is 25.3. The maximum absolute atomic E-state index is 14.3. The highest BCUT2D eigenvalue weighted by Crippen LogP contribution is 2.43. The van der Waals surface area contributed by atoms with Crippen LogP contribution in [0, 0.1) is 0 Å². The molecule has 2 amide bonds. The van der Waals surface area contributed by atoms with Crippen molar-refractivity contribution in [2.24, 2.45) is 0 Å². The predicted octanol–water partition coefficient (Wildman–Crippen LogP) is 6.78. The number of nitrogens with zero attached hydrogens (tertiary/aromatic N) is 6. The lowest BCUT2D eigenvalue weighted by molar-refractivity contribution is -0.137. The second-order valence-electron chi connectivity index (χ2n) is 12.8. The summed E-state index contributed by atoms with van der Waals surface area (Å²) in [6, 6.07) is 13.1. The highest BCUT2D eigenvalue weighted by molar-refractivity contribution is 6.33. The van der Waals surface area contributed by atoms with E-state index in [1.54, 1.807) is 0 Å². The molecule has 0 atom stereocenters. The van der Waals surface area contributed by atoms with Gasteiger partial charge in [-0.2, -0.15) is 22.7 Å². The van der Waals surface area contributed by atoms with Crippen molar-refractivity contribution in [3.05, 3.63) is 104 Å². The number of ether oxygens (including phenoxy) is 1. The zero-order valence-electron chi connectivity index (χ0n) is 29.4. The second-order valence-corrected chi connectivity index (χ2v) is 13.2. The van der Waals surface area contributed by atoms with Crippen LogP contribution in [-0.2, 0) is 34.5 Å². The van der Waals surface area contributed by atoms with Gasteiger partial charge in [0.25, 0.3) is 11.5 Å². The number of alkyl halides is 3. The Morgan fingerprint density at radius 1 is 1.08 bits per heavy atom. The number of aromatic nitrogens is 5. The van der Waals surface area contributed by atoms with Crippen molar-refractivity contribution in [3.63, 3.8) is 0 Å². The SMILES string of the molecule is CC.CC(C)c1ccc(-c2nc3n(CC(=O)Nc4ccc(C(F)(F)F)cc4Cl)c4c(c(=O)n3n2)C2(CCN(C(=O)c3ncccc3O)CC2)OC4)cc1. The molecule has 278 valence electrons. The molecule has 1 fully saturated rings. The Kier molecular flexibility index (Phi) is 10.3. The molecule has 2 N–H and O–H groups in total. The van der Waals surface area contributed by atoms with Crippen LogP contribution in [0.25, 0.3) is 17.2 Å². The lowest BCUT2D eigenvalue weighted by Gasteiger charge is -2.38. The van der Waals surface area contributed by atoms with E-state index in [1.165, 1.54) is 27.8 Å². The number of likely N-dealkylation sites (tertiary alicyclic amines) is 1. The molecule has 0 aliphatic carbocycles. The minimum Gasteiger partial charge on any atom is -0.505 e.